The number of halogens is 1. The summed E-state index contributed by atoms with van der Waals surface area (Å²) in [5.41, 5.74) is -0.203. The van der Waals surface area contributed by atoms with E-state index in [1.54, 1.807) is 0 Å². The molecule has 7 heteroatoms. The van der Waals surface area contributed by atoms with Gasteiger partial charge in [0.25, 0.3) is 5.91 Å². The van der Waals surface area contributed by atoms with Crippen LogP contribution in [-0.2, 0) is 0 Å². The number of nitrogens with one attached hydrogen (secondary N) is 2. The molecule has 2 aromatic heterocycles. The molecule has 17 heavy (non-hydrogen) atoms. The molecule has 0 aromatic carbocycles. The highest BCUT2D eigenvalue weighted by Gasteiger charge is 2.07. The molecule has 0 radical (unpaired) electrons. The Kier molecular flexibility index (Phi) is 3.15. The van der Waals surface area contributed by atoms with Gasteiger partial charge < -0.3 is 10.3 Å². The Morgan fingerprint density at radius 2 is 2.18 bits per heavy atom. The van der Waals surface area contributed by atoms with E-state index in [2.05, 4.69) is 20.3 Å². The van der Waals surface area contributed by atoms with Gasteiger partial charge in [0, 0.05) is 12.3 Å². The van der Waals surface area contributed by atoms with Gasteiger partial charge in [0.2, 0.25) is 10.8 Å². The first-order chi connectivity index (χ1) is 8.15. The van der Waals surface area contributed by atoms with Crippen LogP contribution in [0.2, 0.25) is 5.28 Å². The zero-order chi connectivity index (χ0) is 12.3. The lowest BCUT2D eigenvalue weighted by Crippen LogP contribution is -2.18. The van der Waals surface area contributed by atoms with E-state index in [1.165, 1.54) is 30.5 Å². The van der Waals surface area contributed by atoms with E-state index in [9.17, 15) is 9.59 Å². The van der Waals surface area contributed by atoms with Crippen LogP contribution in [0, 0.1) is 0 Å². The summed E-state index contributed by atoms with van der Waals surface area (Å²) in [5, 5.41) is 2.51. The van der Waals surface area contributed by atoms with E-state index in [0.29, 0.717) is 0 Å². The fourth-order valence-electron chi connectivity index (χ4n) is 1.17. The number of H-pyrrole nitrogens is 1. The minimum atomic E-state index is -0.475. The molecule has 0 saturated heterocycles. The number of aromatic nitrogens is 3. The lowest BCUT2D eigenvalue weighted by molar-refractivity contribution is 0.102. The van der Waals surface area contributed by atoms with Crippen LogP contribution < -0.4 is 10.9 Å². The van der Waals surface area contributed by atoms with Crippen LogP contribution in [0.15, 0.2) is 35.3 Å². The first-order valence-electron chi connectivity index (χ1n) is 4.64. The van der Waals surface area contributed by atoms with E-state index in [0.717, 1.165) is 0 Å². The minimum absolute atomic E-state index is 0.0318. The number of carbonyl (C=O) groups is 1. The van der Waals surface area contributed by atoms with Gasteiger partial charge in [-0.05, 0) is 23.7 Å². The van der Waals surface area contributed by atoms with Gasteiger partial charge in [-0.2, -0.15) is 0 Å². The van der Waals surface area contributed by atoms with Gasteiger partial charge in [-0.1, -0.05) is 6.07 Å². The zero-order valence-electron chi connectivity index (χ0n) is 8.48. The molecule has 2 rings (SSSR count). The summed E-state index contributed by atoms with van der Waals surface area (Å²) in [6.07, 6.45) is 1.42. The molecule has 86 valence electrons. The van der Waals surface area contributed by atoms with Crippen molar-refractivity contribution in [1.82, 2.24) is 15.0 Å². The Balaban J connectivity index is 2.20. The largest absolute Gasteiger partial charge is 0.318 e. The van der Waals surface area contributed by atoms with Gasteiger partial charge in [-0.3, -0.25) is 9.59 Å². The molecule has 0 bridgehead atoms. The number of carbonyl (C=O) groups excluding carboxylic acids is 1. The smallest absolute Gasteiger partial charge is 0.273 e. The zero-order valence-corrected chi connectivity index (χ0v) is 9.23. The summed E-state index contributed by atoms with van der Waals surface area (Å²) >= 11 is 5.57. The van der Waals surface area contributed by atoms with Crippen LogP contribution in [-0.4, -0.2) is 20.9 Å². The fourth-order valence-corrected chi connectivity index (χ4v) is 1.32. The third kappa shape index (κ3) is 2.88. The average molecular weight is 251 g/mol. The number of anilines is 1. The second-order valence-electron chi connectivity index (χ2n) is 3.09. The first kappa shape index (κ1) is 11.3. The SMILES string of the molecule is O=C(Nc1ccnc(Cl)n1)c1cccc(=O)[nH]1. The summed E-state index contributed by atoms with van der Waals surface area (Å²) in [5.74, 6) is -0.211. The van der Waals surface area contributed by atoms with Crippen molar-refractivity contribution in [3.63, 3.8) is 0 Å². The second-order valence-corrected chi connectivity index (χ2v) is 3.43. The van der Waals surface area contributed by atoms with Crippen LogP contribution >= 0.6 is 11.6 Å². The number of hydrogen-bond acceptors (Lipinski definition) is 4. The molecule has 1 amide bonds. The summed E-state index contributed by atoms with van der Waals surface area (Å²) in [6.45, 7) is 0. The Morgan fingerprint density at radius 1 is 1.35 bits per heavy atom. The molecule has 0 aliphatic carbocycles. The Morgan fingerprint density at radius 3 is 2.88 bits per heavy atom. The highest BCUT2D eigenvalue weighted by molar-refractivity contribution is 6.28. The number of pyridine rings is 1. The van der Waals surface area contributed by atoms with Crippen LogP contribution in [0.5, 0.6) is 0 Å². The molecule has 2 aromatic rings. The molecule has 0 aliphatic heterocycles. The summed E-state index contributed by atoms with van der Waals surface area (Å²) in [4.78, 5) is 32.6. The maximum Gasteiger partial charge on any atom is 0.273 e. The summed E-state index contributed by atoms with van der Waals surface area (Å²) in [7, 11) is 0. The van der Waals surface area contributed by atoms with Crippen molar-refractivity contribution in [2.75, 3.05) is 5.32 Å². The molecule has 0 saturated carbocycles. The summed E-state index contributed by atoms with van der Waals surface area (Å²) in [6, 6.07) is 5.78. The molecule has 6 nitrogen and oxygen atoms in total. The Hall–Kier alpha value is -2.21. The van der Waals surface area contributed by atoms with Crippen LogP contribution in [0.3, 0.4) is 0 Å². The normalized spacial score (nSPS) is 9.94. The fraction of sp³-hybridized carbons (Fsp3) is 0. The van der Waals surface area contributed by atoms with Crippen LogP contribution in [0.4, 0.5) is 5.82 Å². The van der Waals surface area contributed by atoms with Gasteiger partial charge in [0.1, 0.15) is 11.5 Å². The quantitative estimate of drug-likeness (QED) is 0.781. The predicted octanol–water partition coefficient (Wildman–Crippen LogP) is 1.07. The standard InChI is InChI=1S/C10H7ClN4O2/c11-10-12-5-4-7(15-10)14-9(17)6-2-1-3-8(16)13-6/h1-5H,(H,13,16)(H,12,14,15,17). The van der Waals surface area contributed by atoms with Crippen molar-refractivity contribution in [2.45, 2.75) is 0 Å². The van der Waals surface area contributed by atoms with E-state index in [1.807, 2.05) is 0 Å². The molecular weight excluding hydrogens is 244 g/mol. The molecule has 2 heterocycles. The number of amides is 1. The number of nitrogens with zero attached hydrogens (tertiary/aromatic N) is 2. The molecule has 0 atom stereocenters. The maximum atomic E-state index is 11.7. The van der Waals surface area contributed by atoms with E-state index in [4.69, 9.17) is 11.6 Å². The van der Waals surface area contributed by atoms with Gasteiger partial charge >= 0.3 is 0 Å². The van der Waals surface area contributed by atoms with Gasteiger partial charge in [-0.15, -0.1) is 0 Å². The Bertz CT molecular complexity index is 611. The summed E-state index contributed by atoms with van der Waals surface area (Å²) < 4.78 is 0. The van der Waals surface area contributed by atoms with Crippen molar-refractivity contribution in [3.8, 4) is 0 Å². The highest BCUT2D eigenvalue weighted by Crippen LogP contribution is 2.06. The highest BCUT2D eigenvalue weighted by atomic mass is 35.5. The Labute approximate surface area is 101 Å². The van der Waals surface area contributed by atoms with E-state index >= 15 is 0 Å². The van der Waals surface area contributed by atoms with Crippen molar-refractivity contribution in [3.05, 3.63) is 51.8 Å². The first-order valence-corrected chi connectivity index (χ1v) is 5.02. The van der Waals surface area contributed by atoms with Crippen molar-refractivity contribution in [1.29, 1.82) is 0 Å². The molecule has 0 spiro atoms. The number of hydrogen-bond donors (Lipinski definition) is 2. The third-order valence-electron chi connectivity index (χ3n) is 1.88. The van der Waals surface area contributed by atoms with Gasteiger partial charge in [0.05, 0.1) is 0 Å². The number of rotatable bonds is 2. The van der Waals surface area contributed by atoms with Crippen molar-refractivity contribution >= 4 is 23.3 Å². The average Bonchev–Trinajstić information content (AvgIpc) is 2.29. The predicted molar refractivity (Wildman–Crippen MR) is 62.1 cm³/mol. The number of aromatic amines is 1. The van der Waals surface area contributed by atoms with Gasteiger partial charge in [-0.25, -0.2) is 9.97 Å². The topological polar surface area (TPSA) is 87.7 Å². The maximum absolute atomic E-state index is 11.7. The van der Waals surface area contributed by atoms with Crippen molar-refractivity contribution in [2.24, 2.45) is 0 Å². The van der Waals surface area contributed by atoms with E-state index < -0.39 is 5.91 Å². The monoisotopic (exact) mass is 250 g/mol. The third-order valence-corrected chi connectivity index (χ3v) is 2.06. The second kappa shape index (κ2) is 4.75. The minimum Gasteiger partial charge on any atom is -0.318 e. The molecule has 0 fully saturated rings. The van der Waals surface area contributed by atoms with Crippen molar-refractivity contribution < 1.29 is 4.79 Å². The molecule has 2 N–H and O–H groups in total. The molecule has 0 unspecified atom stereocenters. The van der Waals surface area contributed by atoms with E-state index in [-0.39, 0.29) is 22.4 Å². The molecular formula is C10H7ClN4O2. The van der Waals surface area contributed by atoms with Crippen LogP contribution in [0.25, 0.3) is 0 Å². The lowest BCUT2D eigenvalue weighted by Gasteiger charge is -2.03. The lowest BCUT2D eigenvalue weighted by atomic mass is 10.3. The van der Waals surface area contributed by atoms with Crippen LogP contribution in [0.1, 0.15) is 10.5 Å². The van der Waals surface area contributed by atoms with Gasteiger partial charge in [0.15, 0.2) is 0 Å². The molecule has 0 aliphatic rings.